The molecule has 0 bridgehead atoms. The first-order valence-electron chi connectivity index (χ1n) is 9.33. The fourth-order valence-corrected chi connectivity index (χ4v) is 3.50. The van der Waals surface area contributed by atoms with E-state index in [9.17, 15) is 13.6 Å². The first-order valence-corrected chi connectivity index (χ1v) is 12.2. The number of carbonyl (C=O) groups is 1. The molecule has 0 unspecified atom stereocenters. The van der Waals surface area contributed by atoms with Crippen LogP contribution in [-0.4, -0.2) is 27.4 Å². The van der Waals surface area contributed by atoms with Gasteiger partial charge in [-0.05, 0) is 43.1 Å². The number of anilines is 1. The molecule has 0 saturated heterocycles. The molecule has 1 aromatic rings. The molecular formula is C20H33F2NO2Si. The van der Waals surface area contributed by atoms with Crippen molar-refractivity contribution in [1.29, 1.82) is 0 Å². The van der Waals surface area contributed by atoms with Gasteiger partial charge in [0.1, 0.15) is 11.6 Å². The molecule has 1 rings (SSSR count). The molecule has 0 aliphatic heterocycles. The molecule has 0 radical (unpaired) electrons. The average Bonchev–Trinajstić information content (AvgIpc) is 2.49. The fourth-order valence-electron chi connectivity index (χ4n) is 2.42. The number of rotatable bonds is 9. The van der Waals surface area contributed by atoms with E-state index in [1.165, 1.54) is 24.0 Å². The molecule has 1 aromatic carbocycles. The van der Waals surface area contributed by atoms with Gasteiger partial charge in [0.25, 0.3) is 0 Å². The Kier molecular flexibility index (Phi) is 8.41. The zero-order valence-corrected chi connectivity index (χ0v) is 18.0. The minimum atomic E-state index is -1.69. The van der Waals surface area contributed by atoms with Gasteiger partial charge in [-0.25, -0.2) is 8.78 Å². The van der Waals surface area contributed by atoms with Gasteiger partial charge in [0.2, 0.25) is 5.91 Å². The molecule has 3 nitrogen and oxygen atoms in total. The Morgan fingerprint density at radius 1 is 1.12 bits per heavy atom. The standard InChI is InChI=1S/C20H33F2NO2Si/c1-16(24)23(19-12-11-17(21)15-18(19)22)13-9-7-8-10-14-25-26(5,6)20(2,3)4/h11-12,15H,7-10,13-14H2,1-6H3. The van der Waals surface area contributed by atoms with Crippen molar-refractivity contribution in [2.24, 2.45) is 0 Å². The minimum absolute atomic E-state index is 0.139. The van der Waals surface area contributed by atoms with Crippen molar-refractivity contribution >= 4 is 19.9 Å². The van der Waals surface area contributed by atoms with E-state index in [4.69, 9.17) is 4.43 Å². The van der Waals surface area contributed by atoms with Gasteiger partial charge in [0.15, 0.2) is 8.32 Å². The van der Waals surface area contributed by atoms with Crippen molar-refractivity contribution < 1.29 is 18.0 Å². The molecule has 0 fully saturated rings. The van der Waals surface area contributed by atoms with Crippen LogP contribution >= 0.6 is 0 Å². The van der Waals surface area contributed by atoms with Crippen LogP contribution in [0.4, 0.5) is 14.5 Å². The maximum atomic E-state index is 13.9. The van der Waals surface area contributed by atoms with Gasteiger partial charge >= 0.3 is 0 Å². The van der Waals surface area contributed by atoms with E-state index in [2.05, 4.69) is 33.9 Å². The zero-order chi connectivity index (χ0) is 20.0. The largest absolute Gasteiger partial charge is 0.417 e. The molecule has 6 heteroatoms. The Morgan fingerprint density at radius 3 is 2.27 bits per heavy atom. The summed E-state index contributed by atoms with van der Waals surface area (Å²) < 4.78 is 33.1. The lowest BCUT2D eigenvalue weighted by Crippen LogP contribution is -2.40. The second-order valence-electron chi connectivity index (χ2n) is 8.29. The third kappa shape index (κ3) is 6.80. The van der Waals surface area contributed by atoms with Crippen molar-refractivity contribution in [2.45, 2.75) is 71.5 Å². The van der Waals surface area contributed by atoms with Crippen molar-refractivity contribution in [3.63, 3.8) is 0 Å². The van der Waals surface area contributed by atoms with Crippen LogP contribution in [0.15, 0.2) is 18.2 Å². The van der Waals surface area contributed by atoms with E-state index in [0.717, 1.165) is 38.4 Å². The van der Waals surface area contributed by atoms with E-state index in [-0.39, 0.29) is 16.6 Å². The second kappa shape index (κ2) is 9.60. The van der Waals surface area contributed by atoms with E-state index >= 15 is 0 Å². The van der Waals surface area contributed by atoms with Gasteiger partial charge in [0, 0.05) is 26.1 Å². The number of hydrogen-bond acceptors (Lipinski definition) is 2. The van der Waals surface area contributed by atoms with Crippen LogP contribution in [0.25, 0.3) is 0 Å². The molecule has 0 aliphatic carbocycles. The molecule has 0 N–H and O–H groups in total. The summed E-state index contributed by atoms with van der Waals surface area (Å²) >= 11 is 0. The highest BCUT2D eigenvalue weighted by Gasteiger charge is 2.36. The van der Waals surface area contributed by atoms with Crippen LogP contribution in [0, 0.1) is 11.6 Å². The van der Waals surface area contributed by atoms with Crippen molar-refractivity contribution in [2.75, 3.05) is 18.1 Å². The summed E-state index contributed by atoms with van der Waals surface area (Å²) in [6.45, 7) is 13.8. The minimum Gasteiger partial charge on any atom is -0.417 e. The van der Waals surface area contributed by atoms with Crippen molar-refractivity contribution in [1.82, 2.24) is 0 Å². The Balaban J connectivity index is 2.38. The summed E-state index contributed by atoms with van der Waals surface area (Å²) in [6.07, 6.45) is 3.70. The first-order chi connectivity index (χ1) is 12.0. The van der Waals surface area contributed by atoms with Crippen molar-refractivity contribution in [3.8, 4) is 0 Å². The molecule has 148 valence electrons. The molecule has 0 aromatic heterocycles. The lowest BCUT2D eigenvalue weighted by molar-refractivity contribution is -0.116. The Labute approximate surface area is 157 Å². The van der Waals surface area contributed by atoms with Crippen LogP contribution in [0.5, 0.6) is 0 Å². The summed E-state index contributed by atoms with van der Waals surface area (Å²) in [5, 5.41) is 0.216. The van der Waals surface area contributed by atoms with Crippen LogP contribution in [-0.2, 0) is 9.22 Å². The molecule has 0 heterocycles. The number of benzene rings is 1. The summed E-state index contributed by atoms with van der Waals surface area (Å²) in [7, 11) is -1.69. The number of carbonyl (C=O) groups excluding carboxylic acids is 1. The summed E-state index contributed by atoms with van der Waals surface area (Å²) in [4.78, 5) is 13.2. The van der Waals surface area contributed by atoms with Gasteiger partial charge in [-0.1, -0.05) is 33.6 Å². The smallest absolute Gasteiger partial charge is 0.223 e. The second-order valence-corrected chi connectivity index (χ2v) is 13.1. The maximum Gasteiger partial charge on any atom is 0.223 e. The Bertz CT molecular complexity index is 600. The predicted molar refractivity (Wildman–Crippen MR) is 106 cm³/mol. The molecule has 0 atom stereocenters. The van der Waals surface area contributed by atoms with Gasteiger partial charge < -0.3 is 9.33 Å². The van der Waals surface area contributed by atoms with Crippen LogP contribution in [0.3, 0.4) is 0 Å². The normalized spacial score (nSPS) is 12.3. The van der Waals surface area contributed by atoms with Gasteiger partial charge in [-0.15, -0.1) is 0 Å². The summed E-state index contributed by atoms with van der Waals surface area (Å²) in [5.74, 6) is -1.59. The number of halogens is 2. The van der Waals surface area contributed by atoms with Crippen molar-refractivity contribution in [3.05, 3.63) is 29.8 Å². The highest BCUT2D eigenvalue weighted by atomic mass is 28.4. The summed E-state index contributed by atoms with van der Waals surface area (Å²) in [5.41, 5.74) is 0.139. The number of nitrogens with zero attached hydrogens (tertiary/aromatic N) is 1. The van der Waals surface area contributed by atoms with E-state index in [1.54, 1.807) is 0 Å². The van der Waals surface area contributed by atoms with Crippen LogP contribution in [0.2, 0.25) is 18.1 Å². The average molecular weight is 386 g/mol. The van der Waals surface area contributed by atoms with Gasteiger partial charge in [0.05, 0.1) is 5.69 Å². The Morgan fingerprint density at radius 2 is 1.73 bits per heavy atom. The number of hydrogen-bond donors (Lipinski definition) is 0. The number of unbranched alkanes of at least 4 members (excludes halogenated alkanes) is 3. The molecule has 0 saturated carbocycles. The molecule has 0 spiro atoms. The Hall–Kier alpha value is -1.27. The predicted octanol–water partition coefficient (Wildman–Crippen LogP) is 5.90. The van der Waals surface area contributed by atoms with Gasteiger partial charge in [-0.3, -0.25) is 4.79 Å². The molecule has 0 aliphatic rings. The molecular weight excluding hydrogens is 352 g/mol. The first kappa shape index (κ1) is 22.8. The third-order valence-corrected chi connectivity index (χ3v) is 9.66. The quantitative estimate of drug-likeness (QED) is 0.391. The third-order valence-electron chi connectivity index (χ3n) is 5.13. The lowest BCUT2D eigenvalue weighted by Gasteiger charge is -2.36. The maximum absolute atomic E-state index is 13.9. The topological polar surface area (TPSA) is 29.5 Å². The lowest BCUT2D eigenvalue weighted by atomic mass is 10.2. The monoisotopic (exact) mass is 385 g/mol. The van der Waals surface area contributed by atoms with Crippen LogP contribution < -0.4 is 4.90 Å². The fraction of sp³-hybridized carbons (Fsp3) is 0.650. The summed E-state index contributed by atoms with van der Waals surface area (Å²) in [6, 6.07) is 3.30. The number of amides is 1. The van der Waals surface area contributed by atoms with E-state index in [1.807, 2.05) is 0 Å². The van der Waals surface area contributed by atoms with E-state index in [0.29, 0.717) is 6.54 Å². The van der Waals surface area contributed by atoms with E-state index < -0.39 is 20.0 Å². The highest BCUT2D eigenvalue weighted by Crippen LogP contribution is 2.36. The zero-order valence-electron chi connectivity index (χ0n) is 17.0. The van der Waals surface area contributed by atoms with Crippen LogP contribution in [0.1, 0.15) is 53.4 Å². The highest BCUT2D eigenvalue weighted by molar-refractivity contribution is 6.74. The molecule has 1 amide bonds. The SMILES string of the molecule is CC(=O)N(CCCCCCO[Si](C)(C)C(C)(C)C)c1ccc(F)cc1F. The molecule has 26 heavy (non-hydrogen) atoms. The van der Waals surface area contributed by atoms with Gasteiger partial charge in [-0.2, -0.15) is 0 Å².